The van der Waals surface area contributed by atoms with Crippen molar-refractivity contribution in [1.29, 1.82) is 0 Å². The first kappa shape index (κ1) is 14.6. The SMILES string of the molecule is COc1ccc([C@@H](C)N=Cc2ccccc2O)cc1Br. The Bertz CT molecular complexity index is 626. The highest BCUT2D eigenvalue weighted by Gasteiger charge is 2.07. The summed E-state index contributed by atoms with van der Waals surface area (Å²) >= 11 is 3.47. The number of aromatic hydroxyl groups is 1. The first-order valence-corrected chi connectivity index (χ1v) is 7.05. The largest absolute Gasteiger partial charge is 0.507 e. The molecule has 0 fully saturated rings. The highest BCUT2D eigenvalue weighted by atomic mass is 79.9. The van der Waals surface area contributed by atoms with Crippen molar-refractivity contribution < 1.29 is 9.84 Å². The van der Waals surface area contributed by atoms with Crippen molar-refractivity contribution in [1.82, 2.24) is 0 Å². The third-order valence-corrected chi connectivity index (χ3v) is 3.65. The molecule has 0 bridgehead atoms. The lowest BCUT2D eigenvalue weighted by molar-refractivity contribution is 0.412. The fraction of sp³-hybridized carbons (Fsp3) is 0.188. The lowest BCUT2D eigenvalue weighted by Gasteiger charge is -2.10. The van der Waals surface area contributed by atoms with Crippen LogP contribution in [0.2, 0.25) is 0 Å². The van der Waals surface area contributed by atoms with E-state index in [9.17, 15) is 5.11 Å². The summed E-state index contributed by atoms with van der Waals surface area (Å²) in [5.74, 6) is 1.03. The minimum absolute atomic E-state index is 0.00295. The Morgan fingerprint density at radius 2 is 2.00 bits per heavy atom. The van der Waals surface area contributed by atoms with Crippen LogP contribution in [0.4, 0.5) is 0 Å². The second-order valence-electron chi connectivity index (χ2n) is 4.41. The molecule has 0 aromatic heterocycles. The molecule has 1 atom stereocenters. The van der Waals surface area contributed by atoms with Crippen LogP contribution in [-0.2, 0) is 0 Å². The molecular formula is C16H16BrNO2. The number of halogens is 1. The van der Waals surface area contributed by atoms with E-state index >= 15 is 0 Å². The molecule has 2 aromatic carbocycles. The number of hydrogen-bond acceptors (Lipinski definition) is 3. The number of ether oxygens (including phenoxy) is 1. The second-order valence-corrected chi connectivity index (χ2v) is 5.26. The first-order valence-electron chi connectivity index (χ1n) is 6.26. The zero-order valence-electron chi connectivity index (χ0n) is 11.4. The van der Waals surface area contributed by atoms with Crippen molar-refractivity contribution in [3.8, 4) is 11.5 Å². The molecule has 0 saturated heterocycles. The van der Waals surface area contributed by atoms with Gasteiger partial charge in [0.25, 0.3) is 0 Å². The van der Waals surface area contributed by atoms with Gasteiger partial charge in [-0.15, -0.1) is 0 Å². The molecule has 2 rings (SSSR count). The number of hydrogen-bond donors (Lipinski definition) is 1. The van der Waals surface area contributed by atoms with Crippen LogP contribution in [-0.4, -0.2) is 18.4 Å². The Morgan fingerprint density at radius 1 is 1.25 bits per heavy atom. The van der Waals surface area contributed by atoms with E-state index in [4.69, 9.17) is 4.74 Å². The molecule has 0 spiro atoms. The van der Waals surface area contributed by atoms with Crippen LogP contribution in [0.15, 0.2) is 51.9 Å². The van der Waals surface area contributed by atoms with E-state index in [0.717, 1.165) is 15.8 Å². The van der Waals surface area contributed by atoms with Crippen LogP contribution in [0.1, 0.15) is 24.1 Å². The summed E-state index contributed by atoms with van der Waals surface area (Å²) in [6.45, 7) is 2.00. The summed E-state index contributed by atoms with van der Waals surface area (Å²) in [4.78, 5) is 4.48. The van der Waals surface area contributed by atoms with E-state index in [-0.39, 0.29) is 11.8 Å². The van der Waals surface area contributed by atoms with Gasteiger partial charge in [0.2, 0.25) is 0 Å². The van der Waals surface area contributed by atoms with Crippen LogP contribution < -0.4 is 4.74 Å². The molecule has 0 aliphatic carbocycles. The highest BCUT2D eigenvalue weighted by Crippen LogP contribution is 2.29. The van der Waals surface area contributed by atoms with Crippen LogP contribution in [0.3, 0.4) is 0 Å². The van der Waals surface area contributed by atoms with Gasteiger partial charge >= 0.3 is 0 Å². The van der Waals surface area contributed by atoms with E-state index in [1.807, 2.05) is 37.3 Å². The zero-order chi connectivity index (χ0) is 14.5. The van der Waals surface area contributed by atoms with Gasteiger partial charge in [-0.25, -0.2) is 0 Å². The molecule has 0 saturated carbocycles. The number of phenolic OH excluding ortho intramolecular Hbond substituents is 1. The number of nitrogens with zero attached hydrogens (tertiary/aromatic N) is 1. The molecule has 0 amide bonds. The maximum Gasteiger partial charge on any atom is 0.133 e. The number of rotatable bonds is 4. The highest BCUT2D eigenvalue weighted by molar-refractivity contribution is 9.10. The van der Waals surface area contributed by atoms with E-state index < -0.39 is 0 Å². The monoisotopic (exact) mass is 333 g/mol. The smallest absolute Gasteiger partial charge is 0.133 e. The molecular weight excluding hydrogens is 318 g/mol. The summed E-state index contributed by atoms with van der Waals surface area (Å²) in [6.07, 6.45) is 1.69. The maximum atomic E-state index is 9.69. The molecule has 4 heteroatoms. The van der Waals surface area contributed by atoms with Crippen molar-refractivity contribution in [2.75, 3.05) is 7.11 Å². The van der Waals surface area contributed by atoms with Gasteiger partial charge in [0.1, 0.15) is 11.5 Å². The molecule has 0 aliphatic heterocycles. The number of aliphatic imine (C=N–C) groups is 1. The van der Waals surface area contributed by atoms with Gasteiger partial charge in [-0.3, -0.25) is 4.99 Å². The predicted octanol–water partition coefficient (Wildman–Crippen LogP) is 4.34. The van der Waals surface area contributed by atoms with Crippen molar-refractivity contribution in [2.45, 2.75) is 13.0 Å². The Balaban J connectivity index is 2.18. The Labute approximate surface area is 127 Å². The molecule has 2 aromatic rings. The molecule has 20 heavy (non-hydrogen) atoms. The fourth-order valence-electron chi connectivity index (χ4n) is 1.82. The minimum Gasteiger partial charge on any atom is -0.507 e. The average molecular weight is 334 g/mol. The van der Waals surface area contributed by atoms with Gasteiger partial charge < -0.3 is 9.84 Å². The average Bonchev–Trinajstić information content (AvgIpc) is 2.46. The Hall–Kier alpha value is -1.81. The topological polar surface area (TPSA) is 41.8 Å². The first-order chi connectivity index (χ1) is 9.61. The van der Waals surface area contributed by atoms with Gasteiger partial charge in [-0.05, 0) is 52.7 Å². The van der Waals surface area contributed by atoms with E-state index in [0.29, 0.717) is 5.56 Å². The minimum atomic E-state index is -0.00295. The van der Waals surface area contributed by atoms with Gasteiger partial charge in [-0.1, -0.05) is 18.2 Å². The molecule has 104 valence electrons. The molecule has 0 aliphatic rings. The lowest BCUT2D eigenvalue weighted by Crippen LogP contribution is -1.93. The third kappa shape index (κ3) is 3.39. The molecule has 0 heterocycles. The predicted molar refractivity (Wildman–Crippen MR) is 84.8 cm³/mol. The van der Waals surface area contributed by atoms with Crippen LogP contribution in [0.5, 0.6) is 11.5 Å². The van der Waals surface area contributed by atoms with Crippen molar-refractivity contribution >= 4 is 22.1 Å². The molecule has 3 nitrogen and oxygen atoms in total. The van der Waals surface area contributed by atoms with E-state index in [2.05, 4.69) is 20.9 Å². The van der Waals surface area contributed by atoms with Gasteiger partial charge in [-0.2, -0.15) is 0 Å². The normalized spacial score (nSPS) is 12.6. The summed E-state index contributed by atoms with van der Waals surface area (Å²) in [5, 5.41) is 9.69. The molecule has 0 radical (unpaired) electrons. The van der Waals surface area contributed by atoms with Crippen molar-refractivity contribution in [3.05, 3.63) is 58.1 Å². The molecule has 0 unspecified atom stereocenters. The quantitative estimate of drug-likeness (QED) is 0.845. The van der Waals surface area contributed by atoms with Crippen LogP contribution in [0, 0.1) is 0 Å². The van der Waals surface area contributed by atoms with Gasteiger partial charge in [0.15, 0.2) is 0 Å². The third-order valence-electron chi connectivity index (χ3n) is 3.03. The number of methoxy groups -OCH3 is 1. The van der Waals surface area contributed by atoms with Crippen molar-refractivity contribution in [2.24, 2.45) is 4.99 Å². The van der Waals surface area contributed by atoms with Crippen molar-refractivity contribution in [3.63, 3.8) is 0 Å². The number of phenols is 1. The summed E-state index contributed by atoms with van der Waals surface area (Å²) < 4.78 is 6.11. The number of para-hydroxylation sites is 1. The summed E-state index contributed by atoms with van der Waals surface area (Å²) in [5.41, 5.74) is 1.79. The fourth-order valence-corrected chi connectivity index (χ4v) is 2.38. The summed E-state index contributed by atoms with van der Waals surface area (Å²) in [7, 11) is 1.64. The second kappa shape index (κ2) is 6.57. The van der Waals surface area contributed by atoms with E-state index in [1.165, 1.54) is 0 Å². The zero-order valence-corrected chi connectivity index (χ0v) is 13.0. The van der Waals surface area contributed by atoms with Gasteiger partial charge in [0.05, 0.1) is 17.6 Å². The van der Waals surface area contributed by atoms with Gasteiger partial charge in [0, 0.05) is 11.8 Å². The van der Waals surface area contributed by atoms with Crippen LogP contribution >= 0.6 is 15.9 Å². The molecule has 1 N–H and O–H groups in total. The van der Waals surface area contributed by atoms with E-state index in [1.54, 1.807) is 25.5 Å². The Morgan fingerprint density at radius 3 is 2.65 bits per heavy atom. The number of benzene rings is 2. The maximum absolute atomic E-state index is 9.69. The lowest BCUT2D eigenvalue weighted by atomic mass is 10.1. The van der Waals surface area contributed by atoms with Crippen LogP contribution in [0.25, 0.3) is 0 Å². The Kier molecular flexibility index (Phi) is 4.79. The standard InChI is InChI=1S/C16H16BrNO2/c1-11(12-7-8-16(20-2)14(17)9-12)18-10-13-5-3-4-6-15(13)19/h3-11,19H,1-2H3/t11-/m1/s1. The summed E-state index contributed by atoms with van der Waals surface area (Å²) in [6, 6.07) is 13.0.